The fraction of sp³-hybridized carbons (Fsp3) is 0.905. The lowest BCUT2D eigenvalue weighted by molar-refractivity contribution is -0.242. The number of allylic oxidation sites excluding steroid dienone is 2. The van der Waals surface area contributed by atoms with E-state index < -0.39 is 0 Å². The molecule has 1 heterocycles. The van der Waals surface area contributed by atoms with Crippen LogP contribution in [-0.4, -0.2) is 24.4 Å². The Morgan fingerprint density at radius 2 is 1.75 bits per heavy atom. The lowest BCUT2D eigenvalue weighted by Crippen LogP contribution is -2.54. The molecule has 0 unspecified atom stereocenters. The quantitative estimate of drug-likeness (QED) is 0.436. The van der Waals surface area contributed by atoms with E-state index in [1.165, 1.54) is 38.5 Å². The number of hydrogen-bond donors (Lipinski definition) is 0. The van der Waals surface area contributed by atoms with E-state index in [0.29, 0.717) is 10.8 Å². The largest absolute Gasteiger partial charge is 0.347 e. The molecular formula is C21H31ClO2. The molecule has 6 atom stereocenters. The van der Waals surface area contributed by atoms with Crippen LogP contribution in [0.15, 0.2) is 11.6 Å². The average Bonchev–Trinajstić information content (AvgIpc) is 3.15. The van der Waals surface area contributed by atoms with Crippen molar-refractivity contribution in [2.45, 2.75) is 76.4 Å². The van der Waals surface area contributed by atoms with Gasteiger partial charge in [0.15, 0.2) is 5.79 Å². The molecule has 0 radical (unpaired) electrons. The van der Waals surface area contributed by atoms with Crippen molar-refractivity contribution in [3.63, 3.8) is 0 Å². The van der Waals surface area contributed by atoms with Crippen LogP contribution in [0.1, 0.15) is 65.2 Å². The van der Waals surface area contributed by atoms with Crippen molar-refractivity contribution in [3.05, 3.63) is 11.6 Å². The zero-order valence-corrected chi connectivity index (χ0v) is 15.9. The second-order valence-corrected chi connectivity index (χ2v) is 10.2. The van der Waals surface area contributed by atoms with E-state index in [2.05, 4.69) is 19.9 Å². The summed E-state index contributed by atoms with van der Waals surface area (Å²) < 4.78 is 12.5. The number of rotatable bonds is 0. The van der Waals surface area contributed by atoms with Crippen molar-refractivity contribution in [3.8, 4) is 0 Å². The van der Waals surface area contributed by atoms with E-state index in [1.54, 1.807) is 5.57 Å². The SMILES string of the molecule is C[C@]12CC[C@@H](Cl)CC1=CC[C@@H]1[C@@H]2CC[C@@]2(C)[C@H]1CCC21OCCO1. The van der Waals surface area contributed by atoms with Crippen LogP contribution >= 0.6 is 11.6 Å². The van der Waals surface area contributed by atoms with Crippen LogP contribution in [0.4, 0.5) is 0 Å². The Morgan fingerprint density at radius 1 is 1.00 bits per heavy atom. The van der Waals surface area contributed by atoms with Gasteiger partial charge in [-0.1, -0.05) is 25.5 Å². The van der Waals surface area contributed by atoms with Gasteiger partial charge in [-0.2, -0.15) is 0 Å². The summed E-state index contributed by atoms with van der Waals surface area (Å²) in [5.41, 5.74) is 2.30. The van der Waals surface area contributed by atoms with Gasteiger partial charge in [-0.15, -0.1) is 11.6 Å². The third kappa shape index (κ3) is 1.91. The maximum absolute atomic E-state index is 6.49. The van der Waals surface area contributed by atoms with Gasteiger partial charge in [-0.3, -0.25) is 0 Å². The Labute approximate surface area is 151 Å². The molecule has 2 nitrogen and oxygen atoms in total. The molecule has 0 aromatic heterocycles. The number of alkyl halides is 1. The fourth-order valence-electron chi connectivity index (χ4n) is 7.50. The highest BCUT2D eigenvalue weighted by Crippen LogP contribution is 2.68. The van der Waals surface area contributed by atoms with E-state index in [1.807, 2.05) is 0 Å². The molecule has 0 aromatic carbocycles. The van der Waals surface area contributed by atoms with Gasteiger partial charge in [-0.25, -0.2) is 0 Å². The van der Waals surface area contributed by atoms with Gasteiger partial charge in [0.25, 0.3) is 0 Å². The first-order valence-corrected chi connectivity index (χ1v) is 10.5. The molecule has 5 aliphatic rings. The molecule has 0 N–H and O–H groups in total. The van der Waals surface area contributed by atoms with Crippen LogP contribution in [0.5, 0.6) is 0 Å². The van der Waals surface area contributed by atoms with Crippen LogP contribution in [0, 0.1) is 28.6 Å². The molecule has 1 spiro atoms. The number of halogens is 1. The Bertz CT molecular complexity index is 566. The van der Waals surface area contributed by atoms with Crippen LogP contribution in [0.3, 0.4) is 0 Å². The fourth-order valence-corrected chi connectivity index (χ4v) is 7.78. The number of fused-ring (bicyclic) bond motifs is 6. The molecule has 5 rings (SSSR count). The average molecular weight is 351 g/mol. The van der Waals surface area contributed by atoms with E-state index in [9.17, 15) is 0 Å². The summed E-state index contributed by atoms with van der Waals surface area (Å²) in [6.07, 6.45) is 12.5. The van der Waals surface area contributed by atoms with Crippen molar-refractivity contribution < 1.29 is 9.47 Å². The van der Waals surface area contributed by atoms with Gasteiger partial charge < -0.3 is 9.47 Å². The Morgan fingerprint density at radius 3 is 2.54 bits per heavy atom. The summed E-state index contributed by atoms with van der Waals surface area (Å²) in [6.45, 7) is 6.60. The van der Waals surface area contributed by atoms with Gasteiger partial charge in [0.2, 0.25) is 0 Å². The van der Waals surface area contributed by atoms with Crippen molar-refractivity contribution in [2.24, 2.45) is 28.6 Å². The van der Waals surface area contributed by atoms with E-state index in [0.717, 1.165) is 43.8 Å². The van der Waals surface area contributed by atoms with Crippen molar-refractivity contribution in [1.29, 1.82) is 0 Å². The Hall–Kier alpha value is -0.0500. The summed E-state index contributed by atoms with van der Waals surface area (Å²) in [4.78, 5) is 0. The van der Waals surface area contributed by atoms with E-state index >= 15 is 0 Å². The van der Waals surface area contributed by atoms with Crippen LogP contribution in [0.25, 0.3) is 0 Å². The van der Waals surface area contributed by atoms with E-state index in [-0.39, 0.29) is 11.2 Å². The predicted octanol–water partition coefficient (Wildman–Crippen LogP) is 5.30. The minimum absolute atomic E-state index is 0.218. The molecule has 3 saturated carbocycles. The molecule has 4 fully saturated rings. The highest BCUT2D eigenvalue weighted by atomic mass is 35.5. The second kappa shape index (κ2) is 5.24. The summed E-state index contributed by atoms with van der Waals surface area (Å²) in [6, 6.07) is 0. The first-order chi connectivity index (χ1) is 11.5. The zero-order valence-electron chi connectivity index (χ0n) is 15.2. The topological polar surface area (TPSA) is 18.5 Å². The third-order valence-corrected chi connectivity index (χ3v) is 9.21. The minimum atomic E-state index is -0.263. The number of ether oxygens (including phenoxy) is 2. The first-order valence-electron chi connectivity index (χ1n) is 10.1. The van der Waals surface area contributed by atoms with Crippen LogP contribution in [-0.2, 0) is 9.47 Å². The molecule has 3 heteroatoms. The third-order valence-electron chi connectivity index (χ3n) is 8.84. The minimum Gasteiger partial charge on any atom is -0.347 e. The predicted molar refractivity (Wildman–Crippen MR) is 96.0 cm³/mol. The molecule has 0 amide bonds. The highest BCUT2D eigenvalue weighted by Gasteiger charge is 2.66. The highest BCUT2D eigenvalue weighted by molar-refractivity contribution is 6.20. The van der Waals surface area contributed by atoms with Gasteiger partial charge in [0.1, 0.15) is 0 Å². The zero-order chi connectivity index (χ0) is 16.6. The molecule has 0 aromatic rings. The summed E-state index contributed by atoms with van der Waals surface area (Å²) in [5, 5.41) is 0.366. The van der Waals surface area contributed by atoms with Crippen molar-refractivity contribution in [1.82, 2.24) is 0 Å². The standard InChI is InChI=1S/C21H31ClO2/c1-19-8-5-15(22)13-14(19)3-4-16-17(19)6-9-20(2)18(16)7-10-21(20)23-11-12-24-21/h3,15-18H,4-13H2,1-2H3/t15-,16-,17+,18+,19+,20+/m1/s1. The maximum Gasteiger partial charge on any atom is 0.174 e. The molecule has 1 saturated heterocycles. The first kappa shape index (κ1) is 16.1. The number of hydrogen-bond acceptors (Lipinski definition) is 2. The monoisotopic (exact) mass is 350 g/mol. The summed E-state index contributed by atoms with van der Waals surface area (Å²) in [7, 11) is 0. The van der Waals surface area contributed by atoms with Gasteiger partial charge in [0, 0.05) is 17.2 Å². The normalized spacial score (nSPS) is 52.5. The second-order valence-electron chi connectivity index (χ2n) is 9.54. The van der Waals surface area contributed by atoms with E-state index in [4.69, 9.17) is 21.1 Å². The molecule has 1 aliphatic heterocycles. The van der Waals surface area contributed by atoms with Crippen molar-refractivity contribution in [2.75, 3.05) is 13.2 Å². The van der Waals surface area contributed by atoms with Gasteiger partial charge in [-0.05, 0) is 68.1 Å². The Kier molecular flexibility index (Phi) is 3.52. The lowest BCUT2D eigenvalue weighted by Gasteiger charge is -2.58. The van der Waals surface area contributed by atoms with Gasteiger partial charge in [0.05, 0.1) is 13.2 Å². The lowest BCUT2D eigenvalue weighted by atomic mass is 9.48. The van der Waals surface area contributed by atoms with Gasteiger partial charge >= 0.3 is 0 Å². The van der Waals surface area contributed by atoms with Crippen LogP contribution in [0.2, 0.25) is 0 Å². The molecular weight excluding hydrogens is 320 g/mol. The summed E-state index contributed by atoms with van der Waals surface area (Å²) in [5.74, 6) is 2.16. The Balaban J connectivity index is 1.49. The van der Waals surface area contributed by atoms with Crippen LogP contribution < -0.4 is 0 Å². The summed E-state index contributed by atoms with van der Waals surface area (Å²) >= 11 is 6.49. The smallest absolute Gasteiger partial charge is 0.174 e. The molecule has 134 valence electrons. The molecule has 4 aliphatic carbocycles. The molecule has 24 heavy (non-hydrogen) atoms. The molecule has 0 bridgehead atoms. The maximum atomic E-state index is 6.49. The van der Waals surface area contributed by atoms with Crippen molar-refractivity contribution >= 4 is 11.6 Å².